The molecule has 0 saturated heterocycles. The first-order valence-corrected chi connectivity index (χ1v) is 6.92. The van der Waals surface area contributed by atoms with E-state index in [4.69, 9.17) is 4.74 Å². The van der Waals surface area contributed by atoms with E-state index in [-0.39, 0.29) is 0 Å². The lowest BCUT2D eigenvalue weighted by Gasteiger charge is -2.33. The molecule has 0 radical (unpaired) electrons. The fourth-order valence-corrected chi connectivity index (χ4v) is 2.95. The van der Waals surface area contributed by atoms with Crippen LogP contribution in [0.2, 0.25) is 0 Å². The molecule has 3 nitrogen and oxygen atoms in total. The van der Waals surface area contributed by atoms with Crippen molar-refractivity contribution in [2.24, 2.45) is 11.8 Å². The average molecular weight is 248 g/mol. The summed E-state index contributed by atoms with van der Waals surface area (Å²) in [6, 6.07) is 4.67. The van der Waals surface area contributed by atoms with Crippen molar-refractivity contribution in [2.45, 2.75) is 45.7 Å². The zero-order valence-electron chi connectivity index (χ0n) is 11.6. The Balaban J connectivity index is 1.91. The number of rotatable bonds is 4. The molecule has 1 N–H and O–H groups in total. The summed E-state index contributed by atoms with van der Waals surface area (Å²) >= 11 is 0. The maximum atomic E-state index is 5.28. The van der Waals surface area contributed by atoms with Crippen LogP contribution >= 0.6 is 0 Å². The molecule has 18 heavy (non-hydrogen) atoms. The molecule has 1 fully saturated rings. The van der Waals surface area contributed by atoms with Crippen molar-refractivity contribution in [2.75, 3.05) is 7.11 Å². The van der Waals surface area contributed by atoms with Gasteiger partial charge in [-0.05, 0) is 37.2 Å². The third-order valence-electron chi connectivity index (χ3n) is 4.03. The third kappa shape index (κ3) is 3.22. The molecule has 1 aromatic rings. The summed E-state index contributed by atoms with van der Waals surface area (Å²) in [6.07, 6.45) is 5.73. The highest BCUT2D eigenvalue weighted by atomic mass is 16.5. The molecule has 0 bridgehead atoms. The van der Waals surface area contributed by atoms with E-state index in [1.165, 1.54) is 19.3 Å². The fraction of sp³-hybridized carbons (Fsp3) is 0.667. The highest BCUT2D eigenvalue weighted by Crippen LogP contribution is 2.29. The van der Waals surface area contributed by atoms with Crippen molar-refractivity contribution < 1.29 is 4.74 Å². The molecule has 3 atom stereocenters. The monoisotopic (exact) mass is 248 g/mol. The maximum Gasteiger partial charge on any atom is 0.217 e. The molecule has 0 spiro atoms. The highest BCUT2D eigenvalue weighted by Gasteiger charge is 2.24. The van der Waals surface area contributed by atoms with Crippen molar-refractivity contribution in [3.63, 3.8) is 0 Å². The van der Waals surface area contributed by atoms with E-state index < -0.39 is 0 Å². The number of pyridine rings is 1. The minimum absolute atomic E-state index is 0.631. The second-order valence-corrected chi connectivity index (χ2v) is 5.55. The van der Waals surface area contributed by atoms with Crippen molar-refractivity contribution in [1.29, 1.82) is 0 Å². The molecule has 100 valence electrons. The predicted octanol–water partition coefficient (Wildman–Crippen LogP) is 3.00. The van der Waals surface area contributed by atoms with Crippen molar-refractivity contribution >= 4 is 0 Å². The normalized spacial score (nSPS) is 28.1. The lowest BCUT2D eigenvalue weighted by Crippen LogP contribution is -2.38. The minimum atomic E-state index is 0.631. The summed E-state index contributed by atoms with van der Waals surface area (Å²) in [4.78, 5) is 4.23. The molecule has 1 saturated carbocycles. The zero-order valence-corrected chi connectivity index (χ0v) is 11.6. The smallest absolute Gasteiger partial charge is 0.217 e. The van der Waals surface area contributed by atoms with Gasteiger partial charge >= 0.3 is 0 Å². The van der Waals surface area contributed by atoms with Crippen LogP contribution < -0.4 is 10.1 Å². The molecule has 0 aromatic carbocycles. The third-order valence-corrected chi connectivity index (χ3v) is 4.03. The molecule has 1 aliphatic carbocycles. The van der Waals surface area contributed by atoms with Gasteiger partial charge in [0.15, 0.2) is 0 Å². The standard InChI is InChI=1S/C15H24N2O/c1-11-6-7-14(12(2)9-11)17-10-13-5-4-8-16-15(13)18-3/h4-5,8,11-12,14,17H,6-7,9-10H2,1-3H3. The van der Waals surface area contributed by atoms with Crippen molar-refractivity contribution in [3.8, 4) is 5.88 Å². The van der Waals surface area contributed by atoms with Crippen LogP contribution in [0.1, 0.15) is 38.7 Å². The van der Waals surface area contributed by atoms with E-state index in [0.29, 0.717) is 6.04 Å². The Labute approximate surface area is 110 Å². The molecule has 1 aliphatic rings. The number of methoxy groups -OCH3 is 1. The summed E-state index contributed by atoms with van der Waals surface area (Å²) in [5.74, 6) is 2.38. The Bertz CT molecular complexity index is 381. The molecule has 3 unspecified atom stereocenters. The number of nitrogens with zero attached hydrogens (tertiary/aromatic N) is 1. The van der Waals surface area contributed by atoms with Gasteiger partial charge in [-0.15, -0.1) is 0 Å². The van der Waals surface area contributed by atoms with E-state index in [2.05, 4.69) is 30.2 Å². The number of aromatic nitrogens is 1. The van der Waals surface area contributed by atoms with Gasteiger partial charge < -0.3 is 10.1 Å². The maximum absolute atomic E-state index is 5.28. The quantitative estimate of drug-likeness (QED) is 0.889. The molecule has 0 aliphatic heterocycles. The Hall–Kier alpha value is -1.09. The van der Waals surface area contributed by atoms with Crippen LogP contribution in [0.15, 0.2) is 18.3 Å². The van der Waals surface area contributed by atoms with Crippen molar-refractivity contribution in [3.05, 3.63) is 23.9 Å². The first-order chi connectivity index (χ1) is 8.70. The van der Waals surface area contributed by atoms with Crippen LogP contribution in [0.4, 0.5) is 0 Å². The fourth-order valence-electron chi connectivity index (χ4n) is 2.95. The van der Waals surface area contributed by atoms with Crippen LogP contribution in [0.25, 0.3) is 0 Å². The van der Waals surface area contributed by atoms with E-state index in [9.17, 15) is 0 Å². The predicted molar refractivity (Wildman–Crippen MR) is 73.6 cm³/mol. The second kappa shape index (κ2) is 6.19. The summed E-state index contributed by atoms with van der Waals surface area (Å²) in [5, 5.41) is 3.66. The van der Waals surface area contributed by atoms with E-state index >= 15 is 0 Å². The summed E-state index contributed by atoms with van der Waals surface area (Å²) < 4.78 is 5.28. The van der Waals surface area contributed by atoms with Crippen LogP contribution in [0.5, 0.6) is 5.88 Å². The Kier molecular flexibility index (Phi) is 4.59. The van der Waals surface area contributed by atoms with Gasteiger partial charge in [-0.25, -0.2) is 4.98 Å². The first kappa shape index (κ1) is 13.3. The SMILES string of the molecule is COc1ncccc1CNC1CCC(C)CC1C. The molecule has 3 heteroatoms. The molecule has 2 rings (SSSR count). The summed E-state index contributed by atoms with van der Waals surface area (Å²) in [5.41, 5.74) is 1.14. The van der Waals surface area contributed by atoms with Crippen LogP contribution in [0, 0.1) is 11.8 Å². The van der Waals surface area contributed by atoms with Gasteiger partial charge in [-0.2, -0.15) is 0 Å². The Morgan fingerprint density at radius 1 is 1.39 bits per heavy atom. The molecular weight excluding hydrogens is 224 g/mol. The summed E-state index contributed by atoms with van der Waals surface area (Å²) in [6.45, 7) is 5.56. The van der Waals surface area contributed by atoms with Gasteiger partial charge in [-0.3, -0.25) is 0 Å². The molecule has 0 amide bonds. The number of nitrogens with one attached hydrogen (secondary N) is 1. The van der Waals surface area contributed by atoms with Gasteiger partial charge in [0.25, 0.3) is 0 Å². The van der Waals surface area contributed by atoms with Gasteiger partial charge in [0.05, 0.1) is 7.11 Å². The van der Waals surface area contributed by atoms with Crippen LogP contribution in [0.3, 0.4) is 0 Å². The summed E-state index contributed by atoms with van der Waals surface area (Å²) in [7, 11) is 1.68. The van der Waals surface area contributed by atoms with Gasteiger partial charge in [0, 0.05) is 24.3 Å². The van der Waals surface area contributed by atoms with Crippen LogP contribution in [-0.4, -0.2) is 18.1 Å². The molecular formula is C15H24N2O. The number of hydrogen-bond donors (Lipinski definition) is 1. The highest BCUT2D eigenvalue weighted by molar-refractivity contribution is 5.25. The lowest BCUT2D eigenvalue weighted by molar-refractivity contribution is 0.226. The van der Waals surface area contributed by atoms with E-state index in [1.54, 1.807) is 13.3 Å². The van der Waals surface area contributed by atoms with Gasteiger partial charge in [0.1, 0.15) is 0 Å². The van der Waals surface area contributed by atoms with Gasteiger partial charge in [-0.1, -0.05) is 19.9 Å². The largest absolute Gasteiger partial charge is 0.481 e. The zero-order chi connectivity index (χ0) is 13.0. The number of ether oxygens (including phenoxy) is 1. The molecule has 1 aromatic heterocycles. The van der Waals surface area contributed by atoms with E-state index in [0.717, 1.165) is 29.8 Å². The second-order valence-electron chi connectivity index (χ2n) is 5.55. The van der Waals surface area contributed by atoms with Crippen molar-refractivity contribution in [1.82, 2.24) is 10.3 Å². The lowest BCUT2D eigenvalue weighted by atomic mass is 9.80. The van der Waals surface area contributed by atoms with E-state index in [1.807, 2.05) is 6.07 Å². The topological polar surface area (TPSA) is 34.1 Å². The minimum Gasteiger partial charge on any atom is -0.481 e. The molecule has 1 heterocycles. The Morgan fingerprint density at radius 3 is 2.94 bits per heavy atom. The average Bonchev–Trinajstić information content (AvgIpc) is 2.38. The first-order valence-electron chi connectivity index (χ1n) is 6.92. The van der Waals surface area contributed by atoms with Crippen LogP contribution in [-0.2, 0) is 6.54 Å². The van der Waals surface area contributed by atoms with Gasteiger partial charge in [0.2, 0.25) is 5.88 Å². The Morgan fingerprint density at radius 2 is 2.22 bits per heavy atom. The number of hydrogen-bond acceptors (Lipinski definition) is 3.